The lowest BCUT2D eigenvalue weighted by atomic mass is 9.96. The van der Waals surface area contributed by atoms with Crippen molar-refractivity contribution in [2.45, 2.75) is 44.9 Å². The quantitative estimate of drug-likeness (QED) is 0.166. The summed E-state index contributed by atoms with van der Waals surface area (Å²) in [7, 11) is 3.22. The molecule has 0 radical (unpaired) electrons. The molecule has 3 heterocycles. The smallest absolute Gasteiger partial charge is 0.307 e. The second-order valence-electron chi connectivity index (χ2n) is 13.5. The van der Waals surface area contributed by atoms with E-state index in [1.807, 2.05) is 46.8 Å². The highest BCUT2D eigenvalue weighted by Crippen LogP contribution is 2.46. The maximum atomic E-state index is 16.0. The van der Waals surface area contributed by atoms with Crippen LogP contribution in [0.4, 0.5) is 10.1 Å². The lowest BCUT2D eigenvalue weighted by molar-refractivity contribution is -0.141. The number of benzene rings is 3. The second-order valence-corrected chi connectivity index (χ2v) is 14.3. The summed E-state index contributed by atoms with van der Waals surface area (Å²) >= 11 is 13.6. The number of carbonyl (C=O) groups excluding carboxylic acids is 1. The van der Waals surface area contributed by atoms with Gasteiger partial charge in [-0.3, -0.25) is 19.4 Å². The van der Waals surface area contributed by atoms with Crippen LogP contribution in [0, 0.1) is 11.7 Å². The number of likely N-dealkylation sites (tertiary alicyclic amines) is 1. The summed E-state index contributed by atoms with van der Waals surface area (Å²) in [6.07, 6.45) is 1.99. The number of anilines is 1. The average Bonchev–Trinajstić information content (AvgIpc) is 3.85. The minimum atomic E-state index is -0.837. The highest BCUT2D eigenvalue weighted by atomic mass is 35.5. The van der Waals surface area contributed by atoms with Crippen LogP contribution in [-0.4, -0.2) is 81.3 Å². The number of methoxy groups -OCH3 is 1. The van der Waals surface area contributed by atoms with E-state index in [1.165, 1.54) is 7.11 Å². The number of nitrogens with one attached hydrogen (secondary N) is 1. The number of hydrogen-bond acceptors (Lipinski definition) is 8. The summed E-state index contributed by atoms with van der Waals surface area (Å²) in [6.45, 7) is 3.23. The molecule has 52 heavy (non-hydrogen) atoms. The molecule has 0 saturated carbocycles. The highest BCUT2D eigenvalue weighted by Gasteiger charge is 2.33. The Morgan fingerprint density at radius 2 is 1.85 bits per heavy atom. The molecular formula is C38H40Cl2FN5O6. The molecule has 4 aromatic rings. The number of ether oxygens (including phenoxy) is 2. The molecule has 3 aromatic carbocycles. The third-order valence-electron chi connectivity index (χ3n) is 10.4. The largest absolute Gasteiger partial charge is 0.493 e. The van der Waals surface area contributed by atoms with Crippen LogP contribution in [-0.2, 0) is 37.8 Å². The average molecular weight is 753 g/mol. The summed E-state index contributed by atoms with van der Waals surface area (Å²) in [5.74, 6) is -2.17. The molecule has 0 spiro atoms. The number of β-amino-alcohol motifs (C(OH)–C–C–N with tert-alkyl or cyclic N) is 1. The van der Waals surface area contributed by atoms with Gasteiger partial charge in [0.05, 0.1) is 41.1 Å². The number of aromatic nitrogens is 2. The minimum Gasteiger partial charge on any atom is -0.493 e. The van der Waals surface area contributed by atoms with Gasteiger partial charge in [0.15, 0.2) is 17.3 Å². The molecule has 1 aromatic heterocycles. The van der Waals surface area contributed by atoms with Gasteiger partial charge >= 0.3 is 5.97 Å². The molecule has 2 atom stereocenters. The van der Waals surface area contributed by atoms with E-state index in [9.17, 15) is 19.8 Å². The molecular weight excluding hydrogens is 712 g/mol. The van der Waals surface area contributed by atoms with Crippen LogP contribution in [0.3, 0.4) is 0 Å². The van der Waals surface area contributed by atoms with Crippen LogP contribution < -0.4 is 14.8 Å². The molecule has 3 N–H and O–H groups in total. The maximum Gasteiger partial charge on any atom is 0.307 e. The number of nitrogens with zero attached hydrogens (tertiary/aromatic N) is 4. The number of fused-ring (bicyclic) bond motifs is 2. The highest BCUT2D eigenvalue weighted by molar-refractivity contribution is 6.36. The van der Waals surface area contributed by atoms with Gasteiger partial charge in [-0.1, -0.05) is 53.5 Å². The normalized spacial score (nSPS) is 18.7. The van der Waals surface area contributed by atoms with Gasteiger partial charge in [-0.25, -0.2) is 4.98 Å². The van der Waals surface area contributed by atoms with E-state index in [0.717, 1.165) is 46.6 Å². The monoisotopic (exact) mass is 751 g/mol. The maximum absolute atomic E-state index is 16.0. The number of amides is 1. The van der Waals surface area contributed by atoms with Crippen LogP contribution in [0.25, 0.3) is 11.1 Å². The van der Waals surface area contributed by atoms with Crippen LogP contribution in [0.1, 0.15) is 57.6 Å². The molecule has 274 valence electrons. The van der Waals surface area contributed by atoms with E-state index in [2.05, 4.69) is 15.2 Å². The van der Waals surface area contributed by atoms with Gasteiger partial charge in [-0.05, 0) is 54.6 Å². The van der Waals surface area contributed by atoms with Gasteiger partial charge in [-0.15, -0.1) is 0 Å². The van der Waals surface area contributed by atoms with Gasteiger partial charge < -0.3 is 29.6 Å². The third kappa shape index (κ3) is 6.85. The molecule has 1 fully saturated rings. The molecule has 3 aliphatic rings. The van der Waals surface area contributed by atoms with Crippen molar-refractivity contribution in [3.8, 4) is 22.6 Å². The van der Waals surface area contributed by atoms with Gasteiger partial charge in [0, 0.05) is 63.0 Å². The number of hydrogen-bond donors (Lipinski definition) is 3. The number of rotatable bonds is 11. The Kier molecular flexibility index (Phi) is 10.5. The van der Waals surface area contributed by atoms with Crippen molar-refractivity contribution < 1.29 is 33.7 Å². The first-order chi connectivity index (χ1) is 25.1. The first-order valence-corrected chi connectivity index (χ1v) is 18.1. The fourth-order valence-electron chi connectivity index (χ4n) is 7.76. The van der Waals surface area contributed by atoms with E-state index >= 15 is 4.39 Å². The number of imidazole rings is 1. The molecule has 2 aliphatic heterocycles. The Balaban J connectivity index is 1.10. The zero-order chi connectivity index (χ0) is 36.7. The zero-order valence-electron chi connectivity index (χ0n) is 28.9. The standard InChI is InChI=1S/C38H40Cl2FN5O6/c1-44-30-12-14-45(15-16-47)20-29(30)42-36(44)37(48)43-28-8-4-7-26(32(28)40)23-5-3-6-25-24(23)9-10-31(25)52-35-27(39)17-22(34(51-2)33(35)41)19-46-13-11-21(18-46)38(49)50/h3-8,17,21,31,47H,9-16,18-20H2,1-2H3,(H,43,48)(H,49,50). The van der Waals surface area contributed by atoms with Crippen molar-refractivity contribution >= 4 is 40.8 Å². The molecule has 1 aliphatic carbocycles. The van der Waals surface area contributed by atoms with Crippen molar-refractivity contribution in [1.29, 1.82) is 0 Å². The summed E-state index contributed by atoms with van der Waals surface area (Å²) in [4.78, 5) is 33.6. The Hall–Kier alpha value is -4.20. The fourth-order valence-corrected chi connectivity index (χ4v) is 8.30. The fraction of sp³-hybridized carbons (Fsp3) is 0.395. The van der Waals surface area contributed by atoms with Crippen LogP contribution in [0.15, 0.2) is 42.5 Å². The Morgan fingerprint density at radius 3 is 2.60 bits per heavy atom. The number of aliphatic hydroxyl groups excluding tert-OH is 1. The number of carboxylic acid groups (broad SMARTS) is 1. The second kappa shape index (κ2) is 15.0. The Morgan fingerprint density at radius 1 is 1.06 bits per heavy atom. The molecule has 11 nitrogen and oxygen atoms in total. The number of aliphatic hydroxyl groups is 1. The van der Waals surface area contributed by atoms with Crippen molar-refractivity contribution in [2.24, 2.45) is 13.0 Å². The summed E-state index contributed by atoms with van der Waals surface area (Å²) in [5.41, 5.74) is 6.30. The Bertz CT molecular complexity index is 2040. The summed E-state index contributed by atoms with van der Waals surface area (Å²) in [6, 6.07) is 12.9. The number of aliphatic carboxylic acids is 1. The number of halogens is 3. The Labute approximate surface area is 310 Å². The van der Waals surface area contributed by atoms with Crippen LogP contribution in [0.2, 0.25) is 10.0 Å². The van der Waals surface area contributed by atoms with Gasteiger partial charge in [0.2, 0.25) is 5.82 Å². The predicted molar refractivity (Wildman–Crippen MR) is 195 cm³/mol. The van der Waals surface area contributed by atoms with E-state index in [-0.39, 0.29) is 34.9 Å². The van der Waals surface area contributed by atoms with Gasteiger partial charge in [0.25, 0.3) is 5.91 Å². The van der Waals surface area contributed by atoms with Crippen molar-refractivity contribution in [3.63, 3.8) is 0 Å². The van der Waals surface area contributed by atoms with Crippen LogP contribution >= 0.6 is 23.2 Å². The number of carbonyl (C=O) groups is 2. The van der Waals surface area contributed by atoms with E-state index in [1.54, 1.807) is 12.1 Å². The molecule has 14 heteroatoms. The third-order valence-corrected chi connectivity index (χ3v) is 11.1. The molecule has 1 amide bonds. The zero-order valence-corrected chi connectivity index (χ0v) is 30.4. The predicted octanol–water partition coefficient (Wildman–Crippen LogP) is 6.12. The first-order valence-electron chi connectivity index (χ1n) is 17.3. The van der Waals surface area contributed by atoms with Crippen LogP contribution in [0.5, 0.6) is 11.5 Å². The summed E-state index contributed by atoms with van der Waals surface area (Å²) in [5, 5.41) is 22.2. The first kappa shape index (κ1) is 36.2. The minimum absolute atomic E-state index is 0.0187. The molecule has 0 bridgehead atoms. The SMILES string of the molecule is COc1c(CN2CCC(C(=O)O)C2)cc(Cl)c(OC2CCc3c(-c4cccc(NC(=O)c5nc6c(n5C)CCN(CCO)C6)c4Cl)cccc32)c1F. The molecule has 2 unspecified atom stereocenters. The summed E-state index contributed by atoms with van der Waals surface area (Å²) < 4.78 is 29.6. The van der Waals surface area contributed by atoms with Gasteiger partial charge in [0.1, 0.15) is 6.10 Å². The number of carboxylic acids is 1. The van der Waals surface area contributed by atoms with Crippen molar-refractivity contribution in [1.82, 2.24) is 19.4 Å². The van der Waals surface area contributed by atoms with E-state index < -0.39 is 23.8 Å². The van der Waals surface area contributed by atoms with E-state index in [0.29, 0.717) is 68.3 Å². The lowest BCUT2D eigenvalue weighted by Gasteiger charge is -2.25. The van der Waals surface area contributed by atoms with E-state index in [4.69, 9.17) is 32.7 Å². The van der Waals surface area contributed by atoms with Crippen molar-refractivity contribution in [2.75, 3.05) is 45.2 Å². The molecule has 1 saturated heterocycles. The molecule has 7 rings (SSSR count). The van der Waals surface area contributed by atoms with Crippen molar-refractivity contribution in [3.05, 3.63) is 92.2 Å². The lowest BCUT2D eigenvalue weighted by Crippen LogP contribution is -2.33. The topological polar surface area (TPSA) is 129 Å². The van der Waals surface area contributed by atoms with Gasteiger partial charge in [-0.2, -0.15) is 4.39 Å².